The Bertz CT molecular complexity index is 502. The Labute approximate surface area is 115 Å². The number of hydrogen-bond acceptors (Lipinski definition) is 3. The third-order valence-electron chi connectivity index (χ3n) is 2.71. The lowest BCUT2D eigenvalue weighted by molar-refractivity contribution is 0.502. The molecule has 0 bridgehead atoms. The van der Waals surface area contributed by atoms with E-state index in [2.05, 4.69) is 17.2 Å². The summed E-state index contributed by atoms with van der Waals surface area (Å²) in [7, 11) is 0. The highest BCUT2D eigenvalue weighted by Crippen LogP contribution is 2.20. The first-order valence-corrected chi connectivity index (χ1v) is 7.03. The second-order valence-corrected chi connectivity index (χ2v) is 5.31. The fourth-order valence-electron chi connectivity index (χ4n) is 1.71. The predicted octanol–water partition coefficient (Wildman–Crippen LogP) is 4.18. The van der Waals surface area contributed by atoms with Crippen LogP contribution in [0.4, 0.5) is 4.39 Å². The van der Waals surface area contributed by atoms with Crippen LogP contribution in [0.2, 0.25) is 5.02 Å². The summed E-state index contributed by atoms with van der Waals surface area (Å²) >= 11 is 7.33. The minimum absolute atomic E-state index is 0.167. The SMILES string of the molecule is CCC(NCc1ccc(Cl)cc1F)c1nccs1. The van der Waals surface area contributed by atoms with Gasteiger partial charge in [0.15, 0.2) is 0 Å². The largest absolute Gasteiger partial charge is 0.304 e. The third-order valence-corrected chi connectivity index (χ3v) is 3.84. The van der Waals surface area contributed by atoms with Crippen molar-refractivity contribution in [2.75, 3.05) is 0 Å². The van der Waals surface area contributed by atoms with E-state index in [1.807, 2.05) is 5.38 Å². The highest BCUT2D eigenvalue weighted by Gasteiger charge is 2.12. The maximum Gasteiger partial charge on any atom is 0.129 e. The van der Waals surface area contributed by atoms with E-state index in [9.17, 15) is 4.39 Å². The first-order valence-electron chi connectivity index (χ1n) is 5.77. The first kappa shape index (κ1) is 13.5. The number of nitrogens with zero attached hydrogens (tertiary/aromatic N) is 1. The molecule has 96 valence electrons. The van der Waals surface area contributed by atoms with E-state index in [4.69, 9.17) is 11.6 Å². The molecule has 0 amide bonds. The van der Waals surface area contributed by atoms with Crippen LogP contribution in [-0.2, 0) is 6.54 Å². The number of benzene rings is 1. The first-order chi connectivity index (χ1) is 8.70. The standard InChI is InChI=1S/C13H14ClFN2S/c1-2-12(13-16-5-6-18-13)17-8-9-3-4-10(14)7-11(9)15/h3-7,12,17H,2,8H2,1H3. The van der Waals surface area contributed by atoms with Crippen molar-refractivity contribution in [1.29, 1.82) is 0 Å². The number of halogens is 2. The van der Waals surface area contributed by atoms with Gasteiger partial charge in [0, 0.05) is 28.7 Å². The highest BCUT2D eigenvalue weighted by molar-refractivity contribution is 7.09. The van der Waals surface area contributed by atoms with Gasteiger partial charge in [0.05, 0.1) is 6.04 Å². The number of hydrogen-bond donors (Lipinski definition) is 1. The number of aromatic nitrogens is 1. The molecule has 0 radical (unpaired) electrons. The van der Waals surface area contributed by atoms with Crippen molar-refractivity contribution in [2.24, 2.45) is 0 Å². The molecular weight excluding hydrogens is 271 g/mol. The summed E-state index contributed by atoms with van der Waals surface area (Å²) in [5, 5.41) is 6.71. The molecular formula is C13H14ClFN2S. The van der Waals surface area contributed by atoms with E-state index in [0.29, 0.717) is 17.1 Å². The summed E-state index contributed by atoms with van der Waals surface area (Å²) in [6.07, 6.45) is 2.70. The molecule has 1 N–H and O–H groups in total. The Morgan fingerprint density at radius 1 is 1.50 bits per heavy atom. The second kappa shape index (κ2) is 6.27. The van der Waals surface area contributed by atoms with Gasteiger partial charge in [-0.15, -0.1) is 11.3 Å². The molecule has 0 fully saturated rings. The lowest BCUT2D eigenvalue weighted by Crippen LogP contribution is -2.20. The lowest BCUT2D eigenvalue weighted by atomic mass is 10.2. The molecule has 0 aliphatic carbocycles. The summed E-state index contributed by atoms with van der Waals surface area (Å²) in [6.45, 7) is 2.55. The second-order valence-electron chi connectivity index (χ2n) is 3.95. The van der Waals surface area contributed by atoms with Crippen LogP contribution in [0, 0.1) is 5.82 Å². The summed E-state index contributed by atoms with van der Waals surface area (Å²) < 4.78 is 13.6. The summed E-state index contributed by atoms with van der Waals surface area (Å²) in [5.74, 6) is -0.274. The van der Waals surface area contributed by atoms with E-state index in [1.165, 1.54) is 6.07 Å². The average molecular weight is 285 g/mol. The molecule has 2 nitrogen and oxygen atoms in total. The molecule has 18 heavy (non-hydrogen) atoms. The highest BCUT2D eigenvalue weighted by atomic mass is 35.5. The van der Waals surface area contributed by atoms with Gasteiger partial charge in [-0.05, 0) is 18.6 Å². The number of nitrogens with one attached hydrogen (secondary N) is 1. The molecule has 2 rings (SSSR count). The van der Waals surface area contributed by atoms with Crippen molar-refractivity contribution in [1.82, 2.24) is 10.3 Å². The van der Waals surface area contributed by atoms with Gasteiger partial charge >= 0.3 is 0 Å². The van der Waals surface area contributed by atoms with Crippen LogP contribution in [0.1, 0.15) is 30.0 Å². The normalized spacial score (nSPS) is 12.6. The van der Waals surface area contributed by atoms with Crippen LogP contribution in [0.25, 0.3) is 0 Å². The van der Waals surface area contributed by atoms with Crippen LogP contribution in [-0.4, -0.2) is 4.98 Å². The van der Waals surface area contributed by atoms with Gasteiger partial charge in [-0.1, -0.05) is 24.6 Å². The Morgan fingerprint density at radius 2 is 2.33 bits per heavy atom. The smallest absolute Gasteiger partial charge is 0.129 e. The zero-order valence-corrected chi connectivity index (χ0v) is 11.6. The van der Waals surface area contributed by atoms with Crippen LogP contribution >= 0.6 is 22.9 Å². The van der Waals surface area contributed by atoms with E-state index in [0.717, 1.165) is 11.4 Å². The summed E-state index contributed by atoms with van der Waals surface area (Å²) in [5.41, 5.74) is 0.620. The van der Waals surface area contributed by atoms with Crippen molar-refractivity contribution in [3.05, 3.63) is 51.2 Å². The predicted molar refractivity (Wildman–Crippen MR) is 73.4 cm³/mol. The van der Waals surface area contributed by atoms with Gasteiger partial charge in [-0.3, -0.25) is 0 Å². The minimum atomic E-state index is -0.274. The van der Waals surface area contributed by atoms with Crippen LogP contribution in [0.3, 0.4) is 0 Å². The lowest BCUT2D eigenvalue weighted by Gasteiger charge is -2.14. The van der Waals surface area contributed by atoms with Gasteiger partial charge in [-0.25, -0.2) is 9.37 Å². The van der Waals surface area contributed by atoms with E-state index in [-0.39, 0.29) is 11.9 Å². The fraction of sp³-hybridized carbons (Fsp3) is 0.308. The Morgan fingerprint density at radius 3 is 2.94 bits per heavy atom. The Kier molecular flexibility index (Phi) is 4.69. The molecule has 1 aromatic heterocycles. The van der Waals surface area contributed by atoms with Gasteiger partial charge in [0.25, 0.3) is 0 Å². The van der Waals surface area contributed by atoms with Crippen LogP contribution < -0.4 is 5.32 Å². The molecule has 5 heteroatoms. The molecule has 1 atom stereocenters. The molecule has 1 aromatic carbocycles. The molecule has 0 saturated heterocycles. The van der Waals surface area contributed by atoms with Crippen molar-refractivity contribution in [2.45, 2.75) is 25.9 Å². The summed E-state index contributed by atoms with van der Waals surface area (Å²) in [6, 6.07) is 4.91. The Hall–Kier alpha value is -0.970. The van der Waals surface area contributed by atoms with Crippen molar-refractivity contribution in [3.8, 4) is 0 Å². The van der Waals surface area contributed by atoms with Crippen molar-refractivity contribution < 1.29 is 4.39 Å². The molecule has 2 aromatic rings. The van der Waals surface area contributed by atoms with E-state index >= 15 is 0 Å². The van der Waals surface area contributed by atoms with Crippen molar-refractivity contribution in [3.63, 3.8) is 0 Å². The molecule has 0 aliphatic rings. The van der Waals surface area contributed by atoms with Crippen LogP contribution in [0.15, 0.2) is 29.8 Å². The van der Waals surface area contributed by atoms with Gasteiger partial charge in [0.2, 0.25) is 0 Å². The minimum Gasteiger partial charge on any atom is -0.304 e. The van der Waals surface area contributed by atoms with E-state index in [1.54, 1.807) is 29.7 Å². The molecule has 0 aliphatic heterocycles. The van der Waals surface area contributed by atoms with Crippen LogP contribution in [0.5, 0.6) is 0 Å². The third kappa shape index (κ3) is 3.28. The maximum atomic E-state index is 13.6. The zero-order chi connectivity index (χ0) is 13.0. The molecule has 0 spiro atoms. The topological polar surface area (TPSA) is 24.9 Å². The molecule has 1 unspecified atom stereocenters. The number of rotatable bonds is 5. The average Bonchev–Trinajstić information content (AvgIpc) is 2.86. The van der Waals surface area contributed by atoms with Gasteiger partial charge in [0.1, 0.15) is 10.8 Å². The monoisotopic (exact) mass is 284 g/mol. The van der Waals surface area contributed by atoms with Gasteiger partial charge < -0.3 is 5.32 Å². The quantitative estimate of drug-likeness (QED) is 0.891. The maximum absolute atomic E-state index is 13.6. The van der Waals surface area contributed by atoms with E-state index < -0.39 is 0 Å². The molecule has 0 saturated carbocycles. The number of thiazole rings is 1. The van der Waals surface area contributed by atoms with Gasteiger partial charge in [-0.2, -0.15) is 0 Å². The fourth-order valence-corrected chi connectivity index (χ4v) is 2.67. The van der Waals surface area contributed by atoms with Crippen molar-refractivity contribution >= 4 is 22.9 Å². The Balaban J connectivity index is 2.02. The zero-order valence-electron chi connectivity index (χ0n) is 9.99. The summed E-state index contributed by atoms with van der Waals surface area (Å²) in [4.78, 5) is 4.28. The molecule has 1 heterocycles.